The molecule has 2 aromatic carbocycles. The van der Waals surface area contributed by atoms with Crippen molar-refractivity contribution in [3.8, 4) is 0 Å². The van der Waals surface area contributed by atoms with E-state index in [1.807, 2.05) is 36.4 Å². The second kappa shape index (κ2) is 13.2. The van der Waals surface area contributed by atoms with Crippen LogP contribution in [0.2, 0.25) is 0 Å². The lowest BCUT2D eigenvalue weighted by atomic mass is 9.64. The van der Waals surface area contributed by atoms with Gasteiger partial charge in [-0.05, 0) is 68.8 Å². The molecule has 0 unspecified atom stereocenters. The molecule has 2 aromatic rings. The van der Waals surface area contributed by atoms with E-state index in [0.29, 0.717) is 0 Å². The van der Waals surface area contributed by atoms with Crippen LogP contribution in [0.4, 0.5) is 0 Å². The van der Waals surface area contributed by atoms with E-state index in [0.717, 1.165) is 43.2 Å². The molecule has 1 atom stereocenters. The molecule has 1 aliphatic carbocycles. The highest BCUT2D eigenvalue weighted by Gasteiger charge is 2.49. The highest BCUT2D eigenvalue weighted by Crippen LogP contribution is 2.43. The average Bonchev–Trinajstić information content (AvgIpc) is 3.32. The number of hydrogen-bond donors (Lipinski definition) is 2. The minimum absolute atomic E-state index is 0.193. The lowest BCUT2D eigenvalue weighted by Crippen LogP contribution is -2.49. The Morgan fingerprint density at radius 3 is 1.94 bits per heavy atom. The van der Waals surface area contributed by atoms with Crippen LogP contribution in [0.3, 0.4) is 0 Å². The zero-order valence-electron chi connectivity index (χ0n) is 21.5. The van der Waals surface area contributed by atoms with E-state index in [9.17, 15) is 4.79 Å². The predicted molar refractivity (Wildman–Crippen MR) is 145 cm³/mol. The summed E-state index contributed by atoms with van der Waals surface area (Å²) < 4.78 is 0. The number of nitrogens with two attached hydrogens (primary N) is 1. The van der Waals surface area contributed by atoms with Gasteiger partial charge in [0.25, 0.3) is 0 Å². The number of amides is 1. The van der Waals surface area contributed by atoms with Gasteiger partial charge in [-0.3, -0.25) is 4.79 Å². The maximum atomic E-state index is 13.2. The number of carbonyl (C=O) groups is 1. The molecule has 35 heavy (non-hydrogen) atoms. The third-order valence-electron chi connectivity index (χ3n) is 8.42. The maximum Gasteiger partial charge on any atom is 0.232 e. The van der Waals surface area contributed by atoms with Crippen molar-refractivity contribution >= 4 is 5.91 Å². The zero-order chi connectivity index (χ0) is 24.3. The van der Waals surface area contributed by atoms with Crippen LogP contribution in [-0.2, 0) is 10.2 Å². The Morgan fingerprint density at radius 2 is 1.40 bits per heavy atom. The van der Waals surface area contributed by atoms with Crippen LogP contribution in [0.5, 0.6) is 0 Å². The molecule has 4 rings (SSSR count). The number of nitrogens with one attached hydrogen (secondary N) is 1. The summed E-state index contributed by atoms with van der Waals surface area (Å²) in [6, 6.07) is 21.2. The van der Waals surface area contributed by atoms with Crippen LogP contribution in [0.15, 0.2) is 60.7 Å². The second-order valence-corrected chi connectivity index (χ2v) is 10.7. The van der Waals surface area contributed by atoms with E-state index in [-0.39, 0.29) is 11.8 Å². The van der Waals surface area contributed by atoms with Gasteiger partial charge in [-0.15, -0.1) is 0 Å². The molecule has 3 N–H and O–H groups in total. The number of benzene rings is 2. The Kier molecular flexibility index (Phi) is 9.79. The fourth-order valence-electron chi connectivity index (χ4n) is 6.18. The largest absolute Gasteiger partial charge is 0.369 e. The van der Waals surface area contributed by atoms with Crippen molar-refractivity contribution in [3.05, 3.63) is 71.8 Å². The Labute approximate surface area is 212 Å². The molecule has 0 bridgehead atoms. The first-order chi connectivity index (χ1) is 17.2. The van der Waals surface area contributed by atoms with Crippen molar-refractivity contribution in [2.45, 2.75) is 82.1 Å². The van der Waals surface area contributed by atoms with Crippen LogP contribution in [0.1, 0.15) is 81.8 Å². The van der Waals surface area contributed by atoms with Gasteiger partial charge in [-0.1, -0.05) is 99.2 Å². The Bertz CT molecular complexity index is 841. The predicted octanol–water partition coefficient (Wildman–Crippen LogP) is 5.65. The Hall–Kier alpha value is -2.17. The summed E-state index contributed by atoms with van der Waals surface area (Å²) in [6.45, 7) is 4.31. The van der Waals surface area contributed by atoms with Crippen molar-refractivity contribution in [1.29, 1.82) is 0 Å². The van der Waals surface area contributed by atoms with Gasteiger partial charge in [-0.25, -0.2) is 0 Å². The molecule has 2 aliphatic rings. The van der Waals surface area contributed by atoms with Crippen molar-refractivity contribution in [1.82, 2.24) is 10.2 Å². The number of likely N-dealkylation sites (tertiary alicyclic amines) is 1. The van der Waals surface area contributed by atoms with Gasteiger partial charge in [0.1, 0.15) is 5.41 Å². The fraction of sp³-hybridized carbons (Fsp3) is 0.581. The molecular formula is C31H45N3O. The second-order valence-electron chi connectivity index (χ2n) is 10.7. The molecule has 1 saturated heterocycles. The summed E-state index contributed by atoms with van der Waals surface area (Å²) in [7, 11) is 0. The lowest BCUT2D eigenvalue weighted by Gasteiger charge is -2.37. The highest BCUT2D eigenvalue weighted by molar-refractivity contribution is 5.91. The normalized spacial score (nSPS) is 19.0. The average molecular weight is 476 g/mol. The molecule has 1 aliphatic heterocycles. The van der Waals surface area contributed by atoms with Gasteiger partial charge < -0.3 is 16.0 Å². The summed E-state index contributed by atoms with van der Waals surface area (Å²) in [5.41, 5.74) is 7.49. The number of rotatable bonds is 15. The van der Waals surface area contributed by atoms with Crippen molar-refractivity contribution in [2.75, 3.05) is 26.2 Å². The van der Waals surface area contributed by atoms with Crippen LogP contribution in [-0.4, -0.2) is 43.0 Å². The lowest BCUT2D eigenvalue weighted by molar-refractivity contribution is -0.123. The quantitative estimate of drug-likeness (QED) is 0.327. The van der Waals surface area contributed by atoms with E-state index in [1.165, 1.54) is 70.8 Å². The Balaban J connectivity index is 1.23. The van der Waals surface area contributed by atoms with Gasteiger partial charge >= 0.3 is 0 Å². The smallest absolute Gasteiger partial charge is 0.232 e. The van der Waals surface area contributed by atoms with Crippen molar-refractivity contribution in [2.24, 2.45) is 11.7 Å². The van der Waals surface area contributed by atoms with Crippen LogP contribution in [0, 0.1) is 5.92 Å². The van der Waals surface area contributed by atoms with Crippen LogP contribution < -0.4 is 11.1 Å². The molecule has 1 amide bonds. The van der Waals surface area contributed by atoms with E-state index in [4.69, 9.17) is 5.73 Å². The molecule has 4 nitrogen and oxygen atoms in total. The van der Waals surface area contributed by atoms with Crippen molar-refractivity contribution < 1.29 is 4.79 Å². The Morgan fingerprint density at radius 1 is 0.829 bits per heavy atom. The van der Waals surface area contributed by atoms with E-state index in [1.54, 1.807) is 0 Å². The number of nitrogens with zero attached hydrogens (tertiary/aromatic N) is 1. The summed E-state index contributed by atoms with van der Waals surface area (Å²) in [5.74, 6) is -0.0389. The van der Waals surface area contributed by atoms with Crippen molar-refractivity contribution in [3.63, 3.8) is 0 Å². The summed E-state index contributed by atoms with van der Waals surface area (Å²) >= 11 is 0. The molecule has 4 heteroatoms. The summed E-state index contributed by atoms with van der Waals surface area (Å²) in [6.07, 6.45) is 14.5. The SMILES string of the molecule is NC(=O)C(c1ccccc1)(c1ccccc1)[C@H]1CCN(CCCCCCCCCNC2CCC2)C1. The van der Waals surface area contributed by atoms with Gasteiger partial charge in [0, 0.05) is 12.6 Å². The minimum atomic E-state index is -0.773. The van der Waals surface area contributed by atoms with Crippen LogP contribution in [0.25, 0.3) is 0 Å². The van der Waals surface area contributed by atoms with Crippen LogP contribution >= 0.6 is 0 Å². The first kappa shape index (κ1) is 25.9. The molecule has 1 saturated carbocycles. The molecular weight excluding hydrogens is 430 g/mol. The van der Waals surface area contributed by atoms with Gasteiger partial charge in [0.15, 0.2) is 0 Å². The number of unbranched alkanes of at least 4 members (excludes halogenated alkanes) is 6. The third-order valence-corrected chi connectivity index (χ3v) is 8.42. The van der Waals surface area contributed by atoms with Gasteiger partial charge in [-0.2, -0.15) is 0 Å². The summed E-state index contributed by atoms with van der Waals surface area (Å²) in [5, 5.41) is 3.67. The van der Waals surface area contributed by atoms with E-state index >= 15 is 0 Å². The maximum absolute atomic E-state index is 13.2. The number of carbonyl (C=O) groups excluding carboxylic acids is 1. The number of hydrogen-bond acceptors (Lipinski definition) is 3. The monoisotopic (exact) mass is 475 g/mol. The molecule has 0 aromatic heterocycles. The molecule has 2 fully saturated rings. The minimum Gasteiger partial charge on any atom is -0.369 e. The highest BCUT2D eigenvalue weighted by atomic mass is 16.1. The summed E-state index contributed by atoms with van der Waals surface area (Å²) in [4.78, 5) is 15.7. The first-order valence-corrected chi connectivity index (χ1v) is 14.1. The number of primary amides is 1. The first-order valence-electron chi connectivity index (χ1n) is 14.1. The topological polar surface area (TPSA) is 58.4 Å². The van der Waals surface area contributed by atoms with Gasteiger partial charge in [0.2, 0.25) is 5.91 Å². The molecule has 0 radical (unpaired) electrons. The fourth-order valence-corrected chi connectivity index (χ4v) is 6.18. The molecule has 1 heterocycles. The zero-order valence-corrected chi connectivity index (χ0v) is 21.5. The molecule has 190 valence electrons. The van der Waals surface area contributed by atoms with E-state index < -0.39 is 5.41 Å². The van der Waals surface area contributed by atoms with Gasteiger partial charge in [0.05, 0.1) is 0 Å². The standard InChI is InChI=1S/C31H45N3O/c32-30(35)31(26-15-8-6-9-16-26,27-17-10-7-11-18-27)28-21-24-34(25-28)23-13-5-3-1-2-4-12-22-33-29-19-14-20-29/h6-11,15-18,28-29,33H,1-5,12-14,19-25H2,(H2,32,35)/t28-/m0/s1. The molecule has 0 spiro atoms. The third kappa shape index (κ3) is 6.54. The van der Waals surface area contributed by atoms with E-state index in [2.05, 4.69) is 34.5 Å².